The highest BCUT2D eigenvalue weighted by atomic mass is 32.1. The summed E-state index contributed by atoms with van der Waals surface area (Å²) in [4.78, 5) is 21.0. The van der Waals surface area contributed by atoms with Gasteiger partial charge in [-0.25, -0.2) is 9.97 Å². The molecule has 3 aromatic rings. The Morgan fingerprint density at radius 1 is 1.29 bits per heavy atom. The molecule has 0 aliphatic heterocycles. The Morgan fingerprint density at radius 3 is 2.76 bits per heavy atom. The van der Waals surface area contributed by atoms with E-state index >= 15 is 0 Å². The van der Waals surface area contributed by atoms with Crippen LogP contribution in [0.1, 0.15) is 37.0 Å². The SMILES string of the molecule is CC(C)(C)c1csc(NC(=O)c2cn3ccccc3n2)n1. The molecule has 0 saturated carbocycles. The van der Waals surface area contributed by atoms with Gasteiger partial charge in [-0.3, -0.25) is 10.1 Å². The number of nitrogens with one attached hydrogen (secondary N) is 1. The molecule has 3 heterocycles. The van der Waals surface area contributed by atoms with Gasteiger partial charge in [0.25, 0.3) is 5.91 Å². The topological polar surface area (TPSA) is 59.3 Å². The number of hydrogen-bond acceptors (Lipinski definition) is 4. The zero-order valence-electron chi connectivity index (χ0n) is 12.1. The van der Waals surface area contributed by atoms with Crippen LogP contribution in [0, 0.1) is 0 Å². The number of hydrogen-bond donors (Lipinski definition) is 1. The molecule has 1 amide bonds. The van der Waals surface area contributed by atoms with Crippen molar-refractivity contribution in [1.29, 1.82) is 0 Å². The van der Waals surface area contributed by atoms with E-state index in [9.17, 15) is 4.79 Å². The van der Waals surface area contributed by atoms with Crippen LogP contribution in [-0.2, 0) is 5.41 Å². The molecule has 6 heteroatoms. The van der Waals surface area contributed by atoms with E-state index in [1.54, 1.807) is 6.20 Å². The second kappa shape index (κ2) is 4.96. The van der Waals surface area contributed by atoms with Crippen molar-refractivity contribution in [2.45, 2.75) is 26.2 Å². The fraction of sp³-hybridized carbons (Fsp3) is 0.267. The maximum absolute atomic E-state index is 12.2. The number of aromatic nitrogens is 3. The van der Waals surface area contributed by atoms with E-state index in [2.05, 4.69) is 36.1 Å². The van der Waals surface area contributed by atoms with Crippen LogP contribution < -0.4 is 5.32 Å². The summed E-state index contributed by atoms with van der Waals surface area (Å²) in [6.45, 7) is 6.28. The highest BCUT2D eigenvalue weighted by Gasteiger charge is 2.19. The Balaban J connectivity index is 1.81. The van der Waals surface area contributed by atoms with Crippen molar-refractivity contribution >= 4 is 28.0 Å². The summed E-state index contributed by atoms with van der Waals surface area (Å²) in [5.41, 5.74) is 2.08. The summed E-state index contributed by atoms with van der Waals surface area (Å²) in [7, 11) is 0. The minimum Gasteiger partial charge on any atom is -0.306 e. The Morgan fingerprint density at radius 2 is 2.10 bits per heavy atom. The van der Waals surface area contributed by atoms with E-state index in [0.717, 1.165) is 11.3 Å². The Hall–Kier alpha value is -2.21. The zero-order chi connectivity index (χ0) is 15.0. The van der Waals surface area contributed by atoms with E-state index in [1.165, 1.54) is 11.3 Å². The quantitative estimate of drug-likeness (QED) is 0.789. The third kappa shape index (κ3) is 2.80. The van der Waals surface area contributed by atoms with E-state index in [4.69, 9.17) is 0 Å². The predicted molar refractivity (Wildman–Crippen MR) is 84.0 cm³/mol. The average molecular weight is 300 g/mol. The van der Waals surface area contributed by atoms with Gasteiger partial charge < -0.3 is 4.40 Å². The number of amides is 1. The first kappa shape index (κ1) is 13.8. The summed E-state index contributed by atoms with van der Waals surface area (Å²) >= 11 is 1.43. The maximum Gasteiger partial charge on any atom is 0.277 e. The van der Waals surface area contributed by atoms with Crippen LogP contribution in [0.2, 0.25) is 0 Å². The Bertz CT molecular complexity index is 764. The molecule has 0 radical (unpaired) electrons. The lowest BCUT2D eigenvalue weighted by molar-refractivity contribution is 0.102. The van der Waals surface area contributed by atoms with Crippen molar-refractivity contribution in [2.24, 2.45) is 0 Å². The first-order valence-corrected chi connectivity index (χ1v) is 7.52. The number of rotatable bonds is 2. The van der Waals surface area contributed by atoms with Crippen molar-refractivity contribution < 1.29 is 4.79 Å². The largest absolute Gasteiger partial charge is 0.306 e. The van der Waals surface area contributed by atoms with Crippen LogP contribution in [-0.4, -0.2) is 20.3 Å². The molecule has 0 bridgehead atoms. The van der Waals surface area contributed by atoms with Gasteiger partial charge in [0.05, 0.1) is 5.69 Å². The first-order valence-electron chi connectivity index (χ1n) is 6.64. The summed E-state index contributed by atoms with van der Waals surface area (Å²) in [5.74, 6) is -0.242. The monoisotopic (exact) mass is 300 g/mol. The van der Waals surface area contributed by atoms with Crippen LogP contribution in [0.4, 0.5) is 5.13 Å². The second-order valence-corrected chi connectivity index (χ2v) is 6.69. The lowest BCUT2D eigenvalue weighted by Gasteiger charge is -2.14. The zero-order valence-corrected chi connectivity index (χ0v) is 12.9. The third-order valence-electron chi connectivity index (χ3n) is 3.09. The number of fused-ring (bicyclic) bond motifs is 1. The number of thiazole rings is 1. The molecule has 108 valence electrons. The van der Waals surface area contributed by atoms with Gasteiger partial charge in [0.2, 0.25) is 0 Å². The molecule has 3 aromatic heterocycles. The van der Waals surface area contributed by atoms with Gasteiger partial charge in [0.15, 0.2) is 5.13 Å². The molecule has 0 aromatic carbocycles. The van der Waals surface area contributed by atoms with Crippen molar-refractivity contribution in [1.82, 2.24) is 14.4 Å². The molecule has 21 heavy (non-hydrogen) atoms. The lowest BCUT2D eigenvalue weighted by Crippen LogP contribution is -2.14. The van der Waals surface area contributed by atoms with Crippen LogP contribution >= 0.6 is 11.3 Å². The second-order valence-electron chi connectivity index (χ2n) is 5.83. The van der Waals surface area contributed by atoms with Crippen LogP contribution in [0.3, 0.4) is 0 Å². The van der Waals surface area contributed by atoms with Gasteiger partial charge in [0.1, 0.15) is 11.3 Å². The summed E-state index contributed by atoms with van der Waals surface area (Å²) < 4.78 is 1.82. The molecule has 0 unspecified atom stereocenters. The normalized spacial score (nSPS) is 11.8. The number of carbonyl (C=O) groups excluding carboxylic acids is 1. The van der Waals surface area contributed by atoms with Crippen molar-refractivity contribution in [3.63, 3.8) is 0 Å². The fourth-order valence-corrected chi connectivity index (χ4v) is 2.81. The number of carbonyl (C=O) groups is 1. The lowest BCUT2D eigenvalue weighted by atomic mass is 9.93. The molecular formula is C15H16N4OS. The minimum absolute atomic E-state index is 0.0252. The molecule has 0 fully saturated rings. The molecule has 0 spiro atoms. The molecule has 0 aliphatic carbocycles. The van der Waals surface area contributed by atoms with Crippen LogP contribution in [0.25, 0.3) is 5.65 Å². The highest BCUT2D eigenvalue weighted by Crippen LogP contribution is 2.26. The number of imidazole rings is 1. The molecular weight excluding hydrogens is 284 g/mol. The fourth-order valence-electron chi connectivity index (χ4n) is 1.88. The number of anilines is 1. The molecule has 0 aliphatic rings. The van der Waals surface area contributed by atoms with Crippen molar-refractivity contribution in [3.8, 4) is 0 Å². The van der Waals surface area contributed by atoms with Crippen LogP contribution in [0.15, 0.2) is 36.0 Å². The van der Waals surface area contributed by atoms with E-state index < -0.39 is 0 Å². The number of nitrogens with zero attached hydrogens (tertiary/aromatic N) is 3. The summed E-state index contributed by atoms with van der Waals surface area (Å²) in [5, 5.41) is 5.37. The van der Waals surface area contributed by atoms with Gasteiger partial charge in [0, 0.05) is 23.2 Å². The predicted octanol–water partition coefficient (Wildman–Crippen LogP) is 3.34. The third-order valence-corrected chi connectivity index (χ3v) is 3.85. The Kier molecular flexibility index (Phi) is 3.25. The molecule has 1 N–H and O–H groups in total. The maximum atomic E-state index is 12.2. The van der Waals surface area contributed by atoms with Gasteiger partial charge in [-0.2, -0.15) is 0 Å². The average Bonchev–Trinajstić information content (AvgIpc) is 3.03. The van der Waals surface area contributed by atoms with Crippen LogP contribution in [0.5, 0.6) is 0 Å². The molecule has 0 saturated heterocycles. The van der Waals surface area contributed by atoms with Crippen molar-refractivity contribution in [3.05, 3.63) is 47.4 Å². The van der Waals surface area contributed by atoms with Crippen molar-refractivity contribution in [2.75, 3.05) is 5.32 Å². The van der Waals surface area contributed by atoms with Gasteiger partial charge in [-0.1, -0.05) is 26.8 Å². The van der Waals surface area contributed by atoms with E-state index in [-0.39, 0.29) is 11.3 Å². The smallest absolute Gasteiger partial charge is 0.277 e. The standard InChI is InChI=1S/C15H16N4OS/c1-15(2,3)11-9-21-14(17-11)18-13(20)10-8-19-7-5-4-6-12(19)16-10/h4-9H,1-3H3,(H,17,18,20). The minimum atomic E-state index is -0.242. The summed E-state index contributed by atoms with van der Waals surface area (Å²) in [6.07, 6.45) is 3.57. The molecule has 0 atom stereocenters. The number of pyridine rings is 1. The molecule has 5 nitrogen and oxygen atoms in total. The molecule has 3 rings (SSSR count). The summed E-state index contributed by atoms with van der Waals surface area (Å²) in [6, 6.07) is 5.64. The first-order chi connectivity index (χ1) is 9.93. The van der Waals surface area contributed by atoms with E-state index in [1.807, 2.05) is 34.2 Å². The highest BCUT2D eigenvalue weighted by molar-refractivity contribution is 7.14. The Labute approximate surface area is 126 Å². The van der Waals surface area contributed by atoms with Gasteiger partial charge in [-0.05, 0) is 12.1 Å². The van der Waals surface area contributed by atoms with Gasteiger partial charge >= 0.3 is 0 Å². The van der Waals surface area contributed by atoms with E-state index in [0.29, 0.717) is 10.8 Å². The van der Waals surface area contributed by atoms with Gasteiger partial charge in [-0.15, -0.1) is 11.3 Å².